The molecule has 1 amide bonds. The number of rotatable bonds is 8. The van der Waals surface area contributed by atoms with E-state index in [1.54, 1.807) is 37.3 Å². The number of amides is 1. The van der Waals surface area contributed by atoms with Crippen molar-refractivity contribution >= 4 is 37.3 Å². The molecule has 4 rings (SSSR count). The molecule has 0 spiro atoms. The monoisotopic (exact) mass is 548 g/mol. The molecule has 11 heteroatoms. The first-order chi connectivity index (χ1) is 17.5. The van der Waals surface area contributed by atoms with Crippen molar-refractivity contribution in [1.82, 2.24) is 10.3 Å². The molecule has 2 N–H and O–H groups in total. The van der Waals surface area contributed by atoms with Gasteiger partial charge in [-0.3, -0.25) is 4.79 Å². The highest BCUT2D eigenvalue weighted by Gasteiger charge is 2.30. The molecule has 6 nitrogen and oxygen atoms in total. The molecule has 0 saturated carbocycles. The van der Waals surface area contributed by atoms with Crippen LogP contribution >= 0.6 is 11.3 Å². The Kier molecular flexibility index (Phi) is 7.67. The van der Waals surface area contributed by atoms with E-state index in [2.05, 4.69) is 10.3 Å². The van der Waals surface area contributed by atoms with Gasteiger partial charge in [0.2, 0.25) is 0 Å². The van der Waals surface area contributed by atoms with Gasteiger partial charge >= 0.3 is 6.18 Å². The number of hydrogen-bond acceptors (Lipinski definition) is 6. The molecule has 3 aromatic carbocycles. The Morgan fingerprint density at radius 3 is 2.32 bits per heavy atom. The minimum Gasteiger partial charge on any atom is -0.394 e. The SMILES string of the molecule is CCS(=O)(=O)c1ccc(C(CO)NC(=O)c2ccc3sc(Cc4ccc(C(F)(F)F)cc4)nc3c2)cc1. The molecular weight excluding hydrogens is 525 g/mol. The highest BCUT2D eigenvalue weighted by atomic mass is 32.2. The number of aliphatic hydroxyl groups is 1. The van der Waals surface area contributed by atoms with Gasteiger partial charge in [0.05, 0.1) is 44.1 Å². The molecule has 1 heterocycles. The van der Waals surface area contributed by atoms with E-state index in [1.165, 1.54) is 35.6 Å². The summed E-state index contributed by atoms with van der Waals surface area (Å²) in [4.78, 5) is 17.6. The van der Waals surface area contributed by atoms with Gasteiger partial charge in [-0.15, -0.1) is 11.3 Å². The molecule has 4 aromatic rings. The summed E-state index contributed by atoms with van der Waals surface area (Å²) >= 11 is 1.39. The number of carbonyl (C=O) groups excluding carboxylic acids is 1. The van der Waals surface area contributed by atoms with Crippen LogP contribution in [0.5, 0.6) is 0 Å². The van der Waals surface area contributed by atoms with E-state index < -0.39 is 33.5 Å². The normalized spacial score (nSPS) is 13.0. The second kappa shape index (κ2) is 10.6. The molecule has 194 valence electrons. The van der Waals surface area contributed by atoms with Crippen molar-refractivity contribution in [2.24, 2.45) is 0 Å². The molecule has 0 bridgehead atoms. The van der Waals surface area contributed by atoms with Crippen molar-refractivity contribution in [2.45, 2.75) is 30.5 Å². The third-order valence-corrected chi connectivity index (χ3v) is 8.63. The topological polar surface area (TPSA) is 96.4 Å². The number of aliphatic hydroxyl groups excluding tert-OH is 1. The van der Waals surface area contributed by atoms with E-state index in [4.69, 9.17) is 0 Å². The fourth-order valence-electron chi connectivity index (χ4n) is 3.73. The lowest BCUT2D eigenvalue weighted by atomic mass is 10.1. The molecule has 0 radical (unpaired) electrons. The lowest BCUT2D eigenvalue weighted by Crippen LogP contribution is -2.30. The van der Waals surface area contributed by atoms with Crippen molar-refractivity contribution in [3.05, 3.63) is 94.0 Å². The number of fused-ring (bicyclic) bond motifs is 1. The quantitative estimate of drug-likeness (QED) is 0.317. The summed E-state index contributed by atoms with van der Waals surface area (Å²) in [5.41, 5.74) is 1.43. The molecule has 0 aliphatic rings. The molecule has 0 aliphatic carbocycles. The number of alkyl halides is 3. The van der Waals surface area contributed by atoms with Crippen molar-refractivity contribution in [1.29, 1.82) is 0 Å². The summed E-state index contributed by atoms with van der Waals surface area (Å²) in [5.74, 6) is -0.471. The van der Waals surface area contributed by atoms with Gasteiger partial charge in [0.15, 0.2) is 9.84 Å². The molecule has 0 saturated heterocycles. The number of halogens is 3. The maximum atomic E-state index is 12.9. The Labute approximate surface area is 215 Å². The van der Waals surface area contributed by atoms with Gasteiger partial charge in [-0.05, 0) is 53.6 Å². The Morgan fingerprint density at radius 1 is 1.05 bits per heavy atom. The van der Waals surface area contributed by atoms with Crippen molar-refractivity contribution in [3.8, 4) is 0 Å². The van der Waals surface area contributed by atoms with Crippen molar-refractivity contribution < 1.29 is 31.5 Å². The van der Waals surface area contributed by atoms with Crippen LogP contribution in [0.4, 0.5) is 13.2 Å². The van der Waals surface area contributed by atoms with E-state index in [1.807, 2.05) is 0 Å². The minimum atomic E-state index is -4.39. The Bertz CT molecular complexity index is 1510. The number of hydrogen-bond donors (Lipinski definition) is 2. The molecule has 0 fully saturated rings. The summed E-state index contributed by atoms with van der Waals surface area (Å²) < 4.78 is 63.2. The van der Waals surface area contributed by atoms with Crippen LogP contribution in [0.25, 0.3) is 10.2 Å². The predicted octanol–water partition coefficient (Wildman–Crippen LogP) is 5.16. The second-order valence-electron chi connectivity index (χ2n) is 8.34. The van der Waals surface area contributed by atoms with Gasteiger partial charge in [0.25, 0.3) is 5.91 Å². The van der Waals surface area contributed by atoms with Crippen LogP contribution in [0, 0.1) is 0 Å². The van der Waals surface area contributed by atoms with Crippen LogP contribution in [0.3, 0.4) is 0 Å². The van der Waals surface area contributed by atoms with E-state index >= 15 is 0 Å². The van der Waals surface area contributed by atoms with Crippen LogP contribution in [-0.2, 0) is 22.4 Å². The van der Waals surface area contributed by atoms with Gasteiger partial charge in [-0.1, -0.05) is 31.2 Å². The van der Waals surface area contributed by atoms with E-state index in [0.29, 0.717) is 33.6 Å². The average Bonchev–Trinajstić information content (AvgIpc) is 3.28. The van der Waals surface area contributed by atoms with E-state index in [0.717, 1.165) is 16.8 Å². The highest BCUT2D eigenvalue weighted by Crippen LogP contribution is 2.30. The van der Waals surface area contributed by atoms with Gasteiger partial charge in [0, 0.05) is 12.0 Å². The third-order valence-electron chi connectivity index (χ3n) is 5.84. The van der Waals surface area contributed by atoms with Gasteiger partial charge in [-0.2, -0.15) is 13.2 Å². The Morgan fingerprint density at radius 2 is 1.73 bits per heavy atom. The van der Waals surface area contributed by atoms with Crippen LogP contribution in [0.1, 0.15) is 45.0 Å². The summed E-state index contributed by atoms with van der Waals surface area (Å²) in [6.07, 6.45) is -4.03. The maximum Gasteiger partial charge on any atom is 0.416 e. The van der Waals surface area contributed by atoms with Crippen LogP contribution in [-0.4, -0.2) is 36.8 Å². The molecule has 0 aliphatic heterocycles. The highest BCUT2D eigenvalue weighted by molar-refractivity contribution is 7.91. The van der Waals surface area contributed by atoms with Crippen molar-refractivity contribution in [2.75, 3.05) is 12.4 Å². The number of nitrogens with one attached hydrogen (secondary N) is 1. The maximum absolute atomic E-state index is 12.9. The average molecular weight is 549 g/mol. The van der Waals surface area contributed by atoms with Crippen LogP contribution in [0.15, 0.2) is 71.6 Å². The number of aromatic nitrogens is 1. The predicted molar refractivity (Wildman–Crippen MR) is 135 cm³/mol. The summed E-state index contributed by atoms with van der Waals surface area (Å²) in [6.45, 7) is 1.17. The van der Waals surface area contributed by atoms with E-state index in [9.17, 15) is 31.5 Å². The fourth-order valence-corrected chi connectivity index (χ4v) is 5.59. The van der Waals surface area contributed by atoms with Crippen molar-refractivity contribution in [3.63, 3.8) is 0 Å². The largest absolute Gasteiger partial charge is 0.416 e. The first-order valence-electron chi connectivity index (χ1n) is 11.3. The van der Waals surface area contributed by atoms with Crippen LogP contribution in [0.2, 0.25) is 0 Å². The summed E-state index contributed by atoms with van der Waals surface area (Å²) in [6, 6.07) is 15.2. The number of benzene rings is 3. The zero-order chi connectivity index (χ0) is 26.8. The smallest absolute Gasteiger partial charge is 0.394 e. The first kappa shape index (κ1) is 26.8. The standard InChI is InChI=1S/C26H23F3N2O4S2/c1-2-37(34,35)20-10-5-17(6-11-20)22(15-32)31-25(33)18-7-12-23-21(14-18)30-24(36-23)13-16-3-8-19(9-4-16)26(27,28)29/h3-12,14,22,32H,2,13,15H2,1H3,(H,31,33). The van der Waals surface area contributed by atoms with Gasteiger partial charge in [-0.25, -0.2) is 13.4 Å². The lowest BCUT2D eigenvalue weighted by Gasteiger charge is -2.17. The number of nitrogens with zero attached hydrogens (tertiary/aromatic N) is 1. The lowest BCUT2D eigenvalue weighted by molar-refractivity contribution is -0.137. The van der Waals surface area contributed by atoms with Gasteiger partial charge in [0.1, 0.15) is 0 Å². The van der Waals surface area contributed by atoms with Crippen LogP contribution < -0.4 is 5.32 Å². The zero-order valence-corrected chi connectivity index (χ0v) is 21.3. The molecule has 1 aromatic heterocycles. The number of carbonyl (C=O) groups is 1. The van der Waals surface area contributed by atoms with E-state index in [-0.39, 0.29) is 17.3 Å². The first-order valence-corrected chi connectivity index (χ1v) is 13.8. The minimum absolute atomic E-state index is 0.0301. The number of sulfone groups is 1. The Hall–Kier alpha value is -3.28. The molecule has 37 heavy (non-hydrogen) atoms. The number of thiazole rings is 1. The second-order valence-corrected chi connectivity index (χ2v) is 11.7. The third kappa shape index (κ3) is 6.17. The molecule has 1 atom stereocenters. The zero-order valence-electron chi connectivity index (χ0n) is 19.6. The summed E-state index contributed by atoms with van der Waals surface area (Å²) in [5, 5.41) is 13.3. The Balaban J connectivity index is 1.48. The molecular formula is C26H23F3N2O4S2. The summed E-state index contributed by atoms with van der Waals surface area (Å²) in [7, 11) is -3.36. The van der Waals surface area contributed by atoms with Gasteiger partial charge < -0.3 is 10.4 Å². The fraction of sp³-hybridized carbons (Fsp3) is 0.231. The molecule has 1 unspecified atom stereocenters.